The lowest BCUT2D eigenvalue weighted by Gasteiger charge is -2.22. The van der Waals surface area contributed by atoms with Gasteiger partial charge in [-0.05, 0) is 11.6 Å². The number of benzene rings is 1. The second-order valence-corrected chi connectivity index (χ2v) is 4.79. The first kappa shape index (κ1) is 13.2. The molecule has 3 N–H and O–H groups in total. The van der Waals surface area contributed by atoms with Gasteiger partial charge < -0.3 is 15.4 Å². The van der Waals surface area contributed by atoms with Crippen LogP contribution >= 0.6 is 0 Å². The second-order valence-electron chi connectivity index (χ2n) is 4.79. The van der Waals surface area contributed by atoms with Crippen molar-refractivity contribution in [1.29, 1.82) is 0 Å². The van der Waals surface area contributed by atoms with E-state index in [1.165, 1.54) is 11.2 Å². The van der Waals surface area contributed by atoms with E-state index in [4.69, 9.17) is 0 Å². The van der Waals surface area contributed by atoms with Gasteiger partial charge in [-0.2, -0.15) is 0 Å². The minimum Gasteiger partial charge on any atom is -0.480 e. The van der Waals surface area contributed by atoms with Crippen LogP contribution in [0.2, 0.25) is 0 Å². The summed E-state index contributed by atoms with van der Waals surface area (Å²) in [5, 5.41) is 12.0. The van der Waals surface area contributed by atoms with Crippen molar-refractivity contribution in [2.24, 2.45) is 0 Å². The Balaban J connectivity index is 1.80. The summed E-state index contributed by atoms with van der Waals surface area (Å²) in [6.45, 7) is 0.268. The van der Waals surface area contributed by atoms with Crippen molar-refractivity contribution >= 4 is 17.7 Å². The highest BCUT2D eigenvalue weighted by Gasteiger charge is 2.38. The normalized spacial score (nSPS) is 16.6. The Morgan fingerprint density at radius 3 is 2.95 bits per heavy atom. The number of carboxylic acids is 1. The largest absolute Gasteiger partial charge is 0.480 e. The van der Waals surface area contributed by atoms with Crippen molar-refractivity contribution in [2.45, 2.75) is 19.0 Å². The maximum atomic E-state index is 12.3. The molecule has 2 amide bonds. The standard InChI is InChI=1S/C14H14N4O3/c19-13(20)12-5-9-3-1-2-4-11(9)18(12)14(21)16-7-10-6-15-8-17-10/h1-4,6,8,12H,5,7H2,(H,15,17)(H,16,21)(H,19,20). The molecular weight excluding hydrogens is 272 g/mol. The summed E-state index contributed by atoms with van der Waals surface area (Å²) in [4.78, 5) is 31.8. The summed E-state index contributed by atoms with van der Waals surface area (Å²) >= 11 is 0. The number of amides is 2. The van der Waals surface area contributed by atoms with Gasteiger partial charge in [0.1, 0.15) is 6.04 Å². The zero-order valence-corrected chi connectivity index (χ0v) is 11.1. The van der Waals surface area contributed by atoms with Crippen LogP contribution in [0.5, 0.6) is 0 Å². The number of urea groups is 1. The minimum atomic E-state index is -1.01. The number of aromatic nitrogens is 2. The fourth-order valence-corrected chi connectivity index (χ4v) is 2.47. The first-order valence-electron chi connectivity index (χ1n) is 6.52. The van der Waals surface area contributed by atoms with Gasteiger partial charge in [-0.25, -0.2) is 14.6 Å². The molecule has 108 valence electrons. The zero-order valence-electron chi connectivity index (χ0n) is 11.1. The third-order valence-corrected chi connectivity index (χ3v) is 3.46. The van der Waals surface area contributed by atoms with E-state index in [0.717, 1.165) is 11.3 Å². The lowest BCUT2D eigenvalue weighted by Crippen LogP contribution is -2.47. The molecule has 3 rings (SSSR count). The molecule has 0 radical (unpaired) electrons. The molecule has 0 fully saturated rings. The van der Waals surface area contributed by atoms with Crippen LogP contribution in [0.1, 0.15) is 11.3 Å². The van der Waals surface area contributed by atoms with E-state index in [2.05, 4.69) is 15.3 Å². The third-order valence-electron chi connectivity index (χ3n) is 3.46. The molecule has 7 nitrogen and oxygen atoms in total. The number of rotatable bonds is 3. The molecule has 1 atom stereocenters. The number of aromatic amines is 1. The lowest BCUT2D eigenvalue weighted by molar-refractivity contribution is -0.138. The number of H-pyrrole nitrogens is 1. The Morgan fingerprint density at radius 2 is 2.24 bits per heavy atom. The van der Waals surface area contributed by atoms with Gasteiger partial charge in [-0.1, -0.05) is 18.2 Å². The lowest BCUT2D eigenvalue weighted by atomic mass is 10.1. The van der Waals surface area contributed by atoms with E-state index >= 15 is 0 Å². The number of carbonyl (C=O) groups is 2. The number of hydrogen-bond donors (Lipinski definition) is 3. The van der Waals surface area contributed by atoms with Gasteiger partial charge in [0.05, 0.1) is 18.6 Å². The number of nitrogens with zero attached hydrogens (tertiary/aromatic N) is 2. The SMILES string of the molecule is O=C(O)C1Cc2ccccc2N1C(=O)NCc1cnc[nH]1. The first-order chi connectivity index (χ1) is 10.2. The van der Waals surface area contributed by atoms with E-state index in [9.17, 15) is 14.7 Å². The molecule has 2 aromatic rings. The molecular formula is C14H14N4O3. The quantitative estimate of drug-likeness (QED) is 0.787. The molecule has 1 unspecified atom stereocenters. The molecule has 0 saturated heterocycles. The Labute approximate surface area is 120 Å². The van der Waals surface area contributed by atoms with Crippen molar-refractivity contribution in [3.05, 3.63) is 48.0 Å². The number of carbonyl (C=O) groups excluding carboxylic acids is 1. The monoisotopic (exact) mass is 286 g/mol. The summed E-state index contributed by atoms with van der Waals surface area (Å²) in [6.07, 6.45) is 3.45. The van der Waals surface area contributed by atoms with Gasteiger partial charge in [0, 0.05) is 18.3 Å². The molecule has 0 aliphatic carbocycles. The minimum absolute atomic E-state index is 0.268. The van der Waals surface area contributed by atoms with Gasteiger partial charge in [0.15, 0.2) is 0 Å². The molecule has 1 aliphatic heterocycles. The van der Waals surface area contributed by atoms with Gasteiger partial charge in [0.2, 0.25) is 0 Å². The zero-order chi connectivity index (χ0) is 14.8. The molecule has 21 heavy (non-hydrogen) atoms. The Kier molecular flexibility index (Phi) is 3.31. The summed E-state index contributed by atoms with van der Waals surface area (Å²) in [7, 11) is 0. The van der Waals surface area contributed by atoms with Crippen molar-refractivity contribution in [2.75, 3.05) is 4.90 Å². The van der Waals surface area contributed by atoms with Crippen molar-refractivity contribution in [3.8, 4) is 0 Å². The maximum Gasteiger partial charge on any atom is 0.327 e. The van der Waals surface area contributed by atoms with Gasteiger partial charge in [-0.15, -0.1) is 0 Å². The maximum absolute atomic E-state index is 12.3. The molecule has 1 aliphatic rings. The topological polar surface area (TPSA) is 98.3 Å². The number of hydrogen-bond acceptors (Lipinski definition) is 3. The van der Waals surface area contributed by atoms with Crippen molar-refractivity contribution < 1.29 is 14.7 Å². The van der Waals surface area contributed by atoms with Crippen LogP contribution in [0.3, 0.4) is 0 Å². The molecule has 1 aromatic heterocycles. The summed E-state index contributed by atoms with van der Waals surface area (Å²) in [5.41, 5.74) is 2.26. The highest BCUT2D eigenvalue weighted by molar-refractivity contribution is 6.00. The Hall–Kier alpha value is -2.83. The van der Waals surface area contributed by atoms with Crippen LogP contribution in [-0.2, 0) is 17.8 Å². The molecule has 0 saturated carbocycles. The number of fused-ring (bicyclic) bond motifs is 1. The molecule has 2 heterocycles. The predicted octanol–water partition coefficient (Wildman–Crippen LogP) is 1.14. The van der Waals surface area contributed by atoms with E-state index in [0.29, 0.717) is 12.1 Å². The van der Waals surface area contributed by atoms with Gasteiger partial charge in [0.25, 0.3) is 0 Å². The molecule has 7 heteroatoms. The summed E-state index contributed by atoms with van der Waals surface area (Å²) < 4.78 is 0. The van der Waals surface area contributed by atoms with Crippen LogP contribution in [0.4, 0.5) is 10.5 Å². The summed E-state index contributed by atoms with van der Waals surface area (Å²) in [5.74, 6) is -1.01. The highest BCUT2D eigenvalue weighted by Crippen LogP contribution is 2.32. The second kappa shape index (κ2) is 5.28. The molecule has 0 spiro atoms. The average molecular weight is 286 g/mol. The third kappa shape index (κ3) is 2.45. The van der Waals surface area contributed by atoms with E-state index in [1.807, 2.05) is 12.1 Å². The van der Waals surface area contributed by atoms with Crippen LogP contribution < -0.4 is 10.2 Å². The van der Waals surface area contributed by atoms with Crippen molar-refractivity contribution in [1.82, 2.24) is 15.3 Å². The van der Waals surface area contributed by atoms with Crippen LogP contribution in [-0.4, -0.2) is 33.1 Å². The fraction of sp³-hybridized carbons (Fsp3) is 0.214. The van der Waals surface area contributed by atoms with Crippen molar-refractivity contribution in [3.63, 3.8) is 0 Å². The van der Waals surface area contributed by atoms with E-state index in [-0.39, 0.29) is 6.54 Å². The molecule has 1 aromatic carbocycles. The van der Waals surface area contributed by atoms with Crippen LogP contribution in [0, 0.1) is 0 Å². The average Bonchev–Trinajstić information content (AvgIpc) is 3.11. The molecule has 0 bridgehead atoms. The van der Waals surface area contributed by atoms with Crippen LogP contribution in [0.25, 0.3) is 0 Å². The van der Waals surface area contributed by atoms with E-state index < -0.39 is 18.0 Å². The van der Waals surface area contributed by atoms with Gasteiger partial charge in [-0.3, -0.25) is 4.90 Å². The van der Waals surface area contributed by atoms with Crippen LogP contribution in [0.15, 0.2) is 36.8 Å². The number of carboxylic acid groups (broad SMARTS) is 1. The fourth-order valence-electron chi connectivity index (χ4n) is 2.47. The number of nitrogens with one attached hydrogen (secondary N) is 2. The Bertz CT molecular complexity index is 669. The smallest absolute Gasteiger partial charge is 0.327 e. The van der Waals surface area contributed by atoms with E-state index in [1.54, 1.807) is 18.3 Å². The Morgan fingerprint density at radius 1 is 1.43 bits per heavy atom. The predicted molar refractivity (Wildman–Crippen MR) is 74.9 cm³/mol. The number of para-hydroxylation sites is 1. The van der Waals surface area contributed by atoms with Gasteiger partial charge >= 0.3 is 12.0 Å². The summed E-state index contributed by atoms with van der Waals surface area (Å²) in [6, 6.07) is 5.93. The number of aliphatic carboxylic acids is 1. The first-order valence-corrected chi connectivity index (χ1v) is 6.52. The number of anilines is 1. The number of imidazole rings is 1. The highest BCUT2D eigenvalue weighted by atomic mass is 16.4.